The third kappa shape index (κ3) is 5.57. The van der Waals surface area contributed by atoms with Gasteiger partial charge in [-0.25, -0.2) is 0 Å². The number of nitrogens with zero attached hydrogens (tertiary/aromatic N) is 2. The Labute approximate surface area is 315 Å². The normalized spacial score (nSPS) is 15.9. The van der Waals surface area contributed by atoms with Gasteiger partial charge in [-0.15, -0.1) is 0 Å². The highest BCUT2D eigenvalue weighted by Crippen LogP contribution is 2.55. The van der Waals surface area contributed by atoms with Crippen LogP contribution in [0.2, 0.25) is 0 Å². The van der Waals surface area contributed by atoms with Gasteiger partial charge in [-0.1, -0.05) is 131 Å². The molecule has 3 aliphatic carbocycles. The molecule has 0 fully saturated rings. The maximum absolute atomic E-state index is 4.60. The van der Waals surface area contributed by atoms with Crippen molar-refractivity contribution in [1.29, 1.82) is 0 Å². The fourth-order valence-electron chi connectivity index (χ4n) is 8.57. The number of fused-ring (bicyclic) bond motifs is 4. The van der Waals surface area contributed by atoms with Crippen LogP contribution in [0.25, 0.3) is 28.9 Å². The molecular weight excluding hydrogens is 641 g/mol. The van der Waals surface area contributed by atoms with Crippen LogP contribution < -0.4 is 9.80 Å². The summed E-state index contributed by atoms with van der Waals surface area (Å²) in [7, 11) is 0. The smallest absolute Gasteiger partial charge is 0.0543 e. The number of anilines is 4. The second-order valence-corrected chi connectivity index (χ2v) is 14.7. The minimum Gasteiger partial charge on any atom is -0.311 e. The van der Waals surface area contributed by atoms with E-state index in [2.05, 4.69) is 178 Å². The van der Waals surface area contributed by atoms with Crippen molar-refractivity contribution in [1.82, 2.24) is 0 Å². The molecule has 0 heterocycles. The number of benzene rings is 5. The first-order valence-electron chi connectivity index (χ1n) is 18.6. The summed E-state index contributed by atoms with van der Waals surface area (Å²) in [6.07, 6.45) is 15.8. The highest BCUT2D eigenvalue weighted by molar-refractivity contribution is 5.97. The minimum atomic E-state index is -0.306. The molecule has 0 saturated carbocycles. The van der Waals surface area contributed by atoms with Gasteiger partial charge in [0.25, 0.3) is 0 Å². The first kappa shape index (κ1) is 34.0. The highest BCUT2D eigenvalue weighted by atomic mass is 15.2. The van der Waals surface area contributed by atoms with E-state index in [4.69, 9.17) is 0 Å². The van der Waals surface area contributed by atoms with Crippen molar-refractivity contribution in [3.63, 3.8) is 0 Å². The van der Waals surface area contributed by atoms with Crippen molar-refractivity contribution in [2.75, 3.05) is 9.80 Å². The number of hydrogen-bond donors (Lipinski definition) is 0. The summed E-state index contributed by atoms with van der Waals surface area (Å²) in [6, 6.07) is 37.4. The van der Waals surface area contributed by atoms with E-state index in [-0.39, 0.29) is 5.41 Å². The highest BCUT2D eigenvalue weighted by Gasteiger charge is 2.39. The fourth-order valence-corrected chi connectivity index (χ4v) is 8.57. The zero-order chi connectivity index (χ0) is 36.9. The Balaban J connectivity index is 1.33. The summed E-state index contributed by atoms with van der Waals surface area (Å²) in [5.74, 6) is 0. The minimum absolute atomic E-state index is 0.306. The average Bonchev–Trinajstić information content (AvgIpc) is 3.64. The fraction of sp³-hybridized carbons (Fsp3) is 0.137. The zero-order valence-electron chi connectivity index (χ0n) is 31.1. The van der Waals surface area contributed by atoms with Crippen molar-refractivity contribution in [2.24, 2.45) is 0 Å². The topological polar surface area (TPSA) is 6.48 Å². The lowest BCUT2D eigenvalue weighted by molar-refractivity contribution is 0.660. The molecule has 8 rings (SSSR count). The van der Waals surface area contributed by atoms with E-state index in [0.29, 0.717) is 0 Å². The Morgan fingerprint density at radius 3 is 2.11 bits per heavy atom. The van der Waals surface area contributed by atoms with E-state index in [1.54, 1.807) is 0 Å². The van der Waals surface area contributed by atoms with Crippen LogP contribution >= 0.6 is 0 Å². The summed E-state index contributed by atoms with van der Waals surface area (Å²) in [5.41, 5.74) is 19.4. The van der Waals surface area contributed by atoms with E-state index in [9.17, 15) is 0 Å². The molecule has 0 aromatic heterocycles. The SMILES string of the molecule is C=C/C(=C1/Cc2ccccc2C1=C)N(c1ccccc1)c1cc2c(c(C=C)c1C=C)-c1ccc(N(C3=CCCC=C3)c3ccc(C)cc3)cc1C2(C)C. The Bertz CT molecular complexity index is 2410. The summed E-state index contributed by atoms with van der Waals surface area (Å²) < 4.78 is 0. The third-order valence-electron chi connectivity index (χ3n) is 11.3. The quantitative estimate of drug-likeness (QED) is 0.152. The van der Waals surface area contributed by atoms with Crippen LogP contribution in [0.1, 0.15) is 65.6 Å². The van der Waals surface area contributed by atoms with Crippen LogP contribution in [0.3, 0.4) is 0 Å². The number of hydrogen-bond acceptors (Lipinski definition) is 2. The van der Waals surface area contributed by atoms with Crippen molar-refractivity contribution < 1.29 is 0 Å². The molecular formula is C51H46N2. The monoisotopic (exact) mass is 686 g/mol. The molecule has 0 saturated heterocycles. The lowest BCUT2D eigenvalue weighted by Gasteiger charge is -2.32. The van der Waals surface area contributed by atoms with Gasteiger partial charge in [0.15, 0.2) is 0 Å². The van der Waals surface area contributed by atoms with Gasteiger partial charge < -0.3 is 9.80 Å². The Morgan fingerprint density at radius 1 is 0.717 bits per heavy atom. The van der Waals surface area contributed by atoms with E-state index in [0.717, 1.165) is 64.4 Å². The molecule has 5 aromatic carbocycles. The van der Waals surface area contributed by atoms with Gasteiger partial charge >= 0.3 is 0 Å². The van der Waals surface area contributed by atoms with Gasteiger partial charge in [0, 0.05) is 45.9 Å². The number of allylic oxidation sites excluding steroid dienone is 6. The second-order valence-electron chi connectivity index (χ2n) is 14.7. The molecule has 53 heavy (non-hydrogen) atoms. The Morgan fingerprint density at radius 2 is 1.43 bits per heavy atom. The van der Waals surface area contributed by atoms with Gasteiger partial charge in [0.1, 0.15) is 0 Å². The standard InChI is InChI=1S/C51H46N2/c1-8-41-42(9-2)50-44-30-29-40(52(37-20-13-11-14-21-37)39-27-25-34(4)26-28-39)32-46(44)51(6,7)47(50)33-49(41)53(38-22-15-12-16-23-38)48(10-3)45-31-36-19-17-18-24-43(36)35(45)5/h8-10,12-13,15-30,32-33H,1-3,5,11,14,31H2,4,6-7H3/b48-45+. The lowest BCUT2D eigenvalue weighted by Crippen LogP contribution is -2.21. The van der Waals surface area contributed by atoms with Gasteiger partial charge in [0.05, 0.1) is 5.69 Å². The van der Waals surface area contributed by atoms with Crippen molar-refractivity contribution in [2.45, 2.75) is 45.4 Å². The number of aryl methyl sites for hydroxylation is 1. The van der Waals surface area contributed by atoms with Crippen LogP contribution in [0.5, 0.6) is 0 Å². The van der Waals surface area contributed by atoms with E-state index in [1.165, 1.54) is 50.2 Å². The number of rotatable bonds is 9. The predicted molar refractivity (Wildman–Crippen MR) is 229 cm³/mol. The second kappa shape index (κ2) is 13.5. The predicted octanol–water partition coefficient (Wildman–Crippen LogP) is 13.8. The molecule has 0 N–H and O–H groups in total. The van der Waals surface area contributed by atoms with Gasteiger partial charge in [-0.05, 0) is 124 Å². The first-order chi connectivity index (χ1) is 25.8. The maximum atomic E-state index is 4.60. The third-order valence-corrected chi connectivity index (χ3v) is 11.3. The van der Waals surface area contributed by atoms with Crippen molar-refractivity contribution in [3.8, 4) is 11.1 Å². The first-order valence-corrected chi connectivity index (χ1v) is 18.6. The van der Waals surface area contributed by atoms with E-state index in [1.807, 2.05) is 18.2 Å². The Hall–Kier alpha value is -6.12. The van der Waals surface area contributed by atoms with Crippen molar-refractivity contribution in [3.05, 3.63) is 210 Å². The molecule has 2 heteroatoms. The van der Waals surface area contributed by atoms with Crippen LogP contribution in [0, 0.1) is 6.92 Å². The summed E-state index contributed by atoms with van der Waals surface area (Å²) in [6.45, 7) is 24.7. The molecule has 3 aliphatic rings. The molecule has 0 bridgehead atoms. The van der Waals surface area contributed by atoms with Crippen LogP contribution in [0.4, 0.5) is 22.7 Å². The summed E-state index contributed by atoms with van der Waals surface area (Å²) in [4.78, 5) is 4.75. The van der Waals surface area contributed by atoms with Gasteiger partial charge in [-0.2, -0.15) is 0 Å². The largest absolute Gasteiger partial charge is 0.311 e. The lowest BCUT2D eigenvalue weighted by atomic mass is 9.81. The Kier molecular flexibility index (Phi) is 8.63. The molecule has 0 amide bonds. The number of para-hydroxylation sites is 1. The zero-order valence-corrected chi connectivity index (χ0v) is 31.1. The molecule has 0 spiro atoms. The van der Waals surface area contributed by atoms with Crippen LogP contribution in [-0.4, -0.2) is 0 Å². The molecule has 0 unspecified atom stereocenters. The van der Waals surface area contributed by atoms with Crippen LogP contribution in [-0.2, 0) is 11.8 Å². The molecule has 0 aliphatic heterocycles. The maximum Gasteiger partial charge on any atom is 0.0543 e. The molecule has 2 nitrogen and oxygen atoms in total. The van der Waals surface area contributed by atoms with Gasteiger partial charge in [0.2, 0.25) is 0 Å². The summed E-state index contributed by atoms with van der Waals surface area (Å²) in [5, 5.41) is 0. The molecule has 5 aromatic rings. The molecule has 260 valence electrons. The molecule has 0 atom stereocenters. The van der Waals surface area contributed by atoms with E-state index < -0.39 is 0 Å². The molecule has 0 radical (unpaired) electrons. The summed E-state index contributed by atoms with van der Waals surface area (Å²) >= 11 is 0. The van der Waals surface area contributed by atoms with E-state index >= 15 is 0 Å². The van der Waals surface area contributed by atoms with Crippen LogP contribution in [0.15, 0.2) is 171 Å². The average molecular weight is 687 g/mol. The van der Waals surface area contributed by atoms with Gasteiger partial charge in [-0.3, -0.25) is 0 Å². The van der Waals surface area contributed by atoms with Crippen molar-refractivity contribution >= 4 is 40.5 Å².